The zero-order chi connectivity index (χ0) is 18.1. The van der Waals surface area contributed by atoms with Gasteiger partial charge in [0, 0.05) is 46.0 Å². The molecule has 140 valence electrons. The Labute approximate surface area is 154 Å². The van der Waals surface area contributed by atoms with Crippen LogP contribution >= 0.6 is 0 Å². The van der Waals surface area contributed by atoms with Crippen LogP contribution in [0.4, 0.5) is 0 Å². The Morgan fingerprint density at radius 3 is 2.44 bits per heavy atom. The van der Waals surface area contributed by atoms with E-state index in [4.69, 9.17) is 0 Å². The summed E-state index contributed by atoms with van der Waals surface area (Å²) in [6.45, 7) is 9.27. The molecule has 3 rings (SSSR count). The normalized spacial score (nSPS) is 22.3. The summed E-state index contributed by atoms with van der Waals surface area (Å²) >= 11 is 0. The van der Waals surface area contributed by atoms with Crippen LogP contribution in [-0.2, 0) is 0 Å². The molecule has 0 aromatic carbocycles. The highest BCUT2D eigenvalue weighted by atomic mass is 15.3. The van der Waals surface area contributed by atoms with Gasteiger partial charge in [-0.2, -0.15) is 0 Å². The van der Waals surface area contributed by atoms with Gasteiger partial charge in [0.1, 0.15) is 11.6 Å². The van der Waals surface area contributed by atoms with E-state index < -0.39 is 0 Å². The minimum atomic E-state index is 0.558. The Bertz CT molecular complexity index is 611. The number of hydrogen-bond acceptors (Lipinski definition) is 4. The van der Waals surface area contributed by atoms with Gasteiger partial charge in [0.05, 0.1) is 0 Å². The Hall–Kier alpha value is -1.58. The standard InChI is InChI=1S/C21H36N4/c1-15(2)25-12-8-9-17(20(25)22-4)13-19-14-18-10-7-11-23(5)21(18)24(6)16(19)3/h15,22H,7-14H2,1-6H3. The topological polar surface area (TPSA) is 21.8 Å². The van der Waals surface area contributed by atoms with Gasteiger partial charge in [-0.25, -0.2) is 0 Å². The van der Waals surface area contributed by atoms with Gasteiger partial charge in [0.2, 0.25) is 0 Å². The molecule has 0 aromatic rings. The van der Waals surface area contributed by atoms with E-state index in [2.05, 4.69) is 61.9 Å². The molecule has 0 bridgehead atoms. The lowest BCUT2D eigenvalue weighted by molar-refractivity contribution is 0.243. The molecule has 0 aromatic heterocycles. The molecule has 0 saturated carbocycles. The minimum absolute atomic E-state index is 0.558. The summed E-state index contributed by atoms with van der Waals surface area (Å²) in [5.74, 6) is 2.84. The Morgan fingerprint density at radius 2 is 1.76 bits per heavy atom. The molecule has 4 heteroatoms. The SMILES string of the molecule is CNC1=C(CC2=C(C)N(C)C3=C(CCCN3C)C2)CCCN1C(C)C. The van der Waals surface area contributed by atoms with E-state index in [-0.39, 0.29) is 0 Å². The van der Waals surface area contributed by atoms with Gasteiger partial charge in [-0.15, -0.1) is 0 Å². The van der Waals surface area contributed by atoms with E-state index in [0.717, 1.165) is 12.8 Å². The summed E-state index contributed by atoms with van der Waals surface area (Å²) in [5.41, 5.74) is 6.31. The monoisotopic (exact) mass is 344 g/mol. The van der Waals surface area contributed by atoms with Gasteiger partial charge in [-0.1, -0.05) is 0 Å². The molecule has 0 saturated heterocycles. The van der Waals surface area contributed by atoms with Crippen molar-refractivity contribution in [2.45, 2.75) is 65.3 Å². The van der Waals surface area contributed by atoms with Crippen molar-refractivity contribution in [1.29, 1.82) is 0 Å². The van der Waals surface area contributed by atoms with Crippen molar-refractivity contribution in [1.82, 2.24) is 20.0 Å². The molecule has 0 aliphatic carbocycles. The van der Waals surface area contributed by atoms with Gasteiger partial charge in [-0.3, -0.25) is 0 Å². The largest absolute Gasteiger partial charge is 0.375 e. The van der Waals surface area contributed by atoms with Crippen molar-refractivity contribution < 1.29 is 0 Å². The van der Waals surface area contributed by atoms with Crippen molar-refractivity contribution in [2.24, 2.45) is 0 Å². The Morgan fingerprint density at radius 1 is 1.04 bits per heavy atom. The number of hydrogen-bond donors (Lipinski definition) is 1. The molecule has 0 amide bonds. The summed E-state index contributed by atoms with van der Waals surface area (Å²) in [7, 11) is 6.58. The van der Waals surface area contributed by atoms with E-state index >= 15 is 0 Å². The predicted octanol–water partition coefficient (Wildman–Crippen LogP) is 3.86. The van der Waals surface area contributed by atoms with Crippen molar-refractivity contribution in [3.63, 3.8) is 0 Å². The molecule has 0 atom stereocenters. The van der Waals surface area contributed by atoms with Crippen LogP contribution in [-0.4, -0.2) is 55.0 Å². The third kappa shape index (κ3) is 3.40. The minimum Gasteiger partial charge on any atom is -0.375 e. The van der Waals surface area contributed by atoms with Gasteiger partial charge in [0.15, 0.2) is 0 Å². The van der Waals surface area contributed by atoms with Gasteiger partial charge >= 0.3 is 0 Å². The fraction of sp³-hybridized carbons (Fsp3) is 0.714. The third-order valence-corrected chi connectivity index (χ3v) is 6.20. The van der Waals surface area contributed by atoms with Crippen LogP contribution in [0.1, 0.15) is 59.3 Å². The van der Waals surface area contributed by atoms with Crippen LogP contribution < -0.4 is 5.32 Å². The number of nitrogens with one attached hydrogen (secondary N) is 1. The molecule has 3 aliphatic heterocycles. The van der Waals surface area contributed by atoms with Crippen LogP contribution in [0, 0.1) is 0 Å². The lowest BCUT2D eigenvalue weighted by Gasteiger charge is -2.42. The first-order valence-corrected chi connectivity index (χ1v) is 9.96. The molecule has 3 aliphatic rings. The summed E-state index contributed by atoms with van der Waals surface area (Å²) < 4.78 is 0. The molecule has 0 fully saturated rings. The van der Waals surface area contributed by atoms with Crippen LogP contribution in [0.5, 0.6) is 0 Å². The zero-order valence-electron chi connectivity index (χ0n) is 17.1. The summed E-state index contributed by atoms with van der Waals surface area (Å²) in [6.07, 6.45) is 7.34. The zero-order valence-corrected chi connectivity index (χ0v) is 17.1. The molecule has 0 radical (unpaired) electrons. The van der Waals surface area contributed by atoms with Crippen LogP contribution in [0.3, 0.4) is 0 Å². The van der Waals surface area contributed by atoms with Crippen LogP contribution in [0.15, 0.2) is 34.1 Å². The van der Waals surface area contributed by atoms with Crippen molar-refractivity contribution >= 4 is 0 Å². The maximum atomic E-state index is 3.51. The molecule has 4 nitrogen and oxygen atoms in total. The molecular formula is C21H36N4. The fourth-order valence-electron chi connectivity index (χ4n) is 4.81. The second kappa shape index (κ2) is 7.35. The molecule has 1 N–H and O–H groups in total. The van der Waals surface area contributed by atoms with E-state index in [1.807, 2.05) is 0 Å². The summed E-state index contributed by atoms with van der Waals surface area (Å²) in [5, 5.41) is 3.51. The van der Waals surface area contributed by atoms with E-state index in [9.17, 15) is 0 Å². The highest BCUT2D eigenvalue weighted by Gasteiger charge is 2.29. The average Bonchev–Trinajstić information content (AvgIpc) is 2.59. The quantitative estimate of drug-likeness (QED) is 0.836. The molecule has 25 heavy (non-hydrogen) atoms. The van der Waals surface area contributed by atoms with E-state index in [1.165, 1.54) is 56.1 Å². The lowest BCUT2D eigenvalue weighted by atomic mass is 9.87. The second-order valence-corrected chi connectivity index (χ2v) is 8.15. The van der Waals surface area contributed by atoms with Crippen LogP contribution in [0.25, 0.3) is 0 Å². The van der Waals surface area contributed by atoms with Crippen LogP contribution in [0.2, 0.25) is 0 Å². The van der Waals surface area contributed by atoms with Crippen molar-refractivity contribution in [3.05, 3.63) is 34.1 Å². The van der Waals surface area contributed by atoms with Gasteiger partial charge in [-0.05, 0) is 76.0 Å². The molecular weight excluding hydrogens is 308 g/mol. The number of nitrogens with zero attached hydrogens (tertiary/aromatic N) is 3. The highest BCUT2D eigenvalue weighted by molar-refractivity contribution is 5.35. The Kier molecular flexibility index (Phi) is 5.35. The highest BCUT2D eigenvalue weighted by Crippen LogP contribution is 2.39. The van der Waals surface area contributed by atoms with E-state index in [0.29, 0.717) is 6.04 Å². The predicted molar refractivity (Wildman–Crippen MR) is 106 cm³/mol. The maximum absolute atomic E-state index is 3.51. The summed E-state index contributed by atoms with van der Waals surface area (Å²) in [4.78, 5) is 7.43. The summed E-state index contributed by atoms with van der Waals surface area (Å²) in [6, 6.07) is 0.558. The first-order valence-electron chi connectivity index (χ1n) is 9.96. The maximum Gasteiger partial charge on any atom is 0.107 e. The van der Waals surface area contributed by atoms with Gasteiger partial charge in [0.25, 0.3) is 0 Å². The average molecular weight is 345 g/mol. The molecule has 3 heterocycles. The first kappa shape index (κ1) is 18.2. The smallest absolute Gasteiger partial charge is 0.107 e. The van der Waals surface area contributed by atoms with E-state index in [1.54, 1.807) is 16.7 Å². The molecule has 0 spiro atoms. The molecule has 0 unspecified atom stereocenters. The third-order valence-electron chi connectivity index (χ3n) is 6.20. The first-order chi connectivity index (χ1) is 11.9. The van der Waals surface area contributed by atoms with Crippen molar-refractivity contribution in [2.75, 3.05) is 34.2 Å². The second-order valence-electron chi connectivity index (χ2n) is 8.15. The van der Waals surface area contributed by atoms with Gasteiger partial charge < -0.3 is 20.0 Å². The number of rotatable bonds is 4. The van der Waals surface area contributed by atoms with Crippen molar-refractivity contribution in [3.8, 4) is 0 Å². The lowest BCUT2D eigenvalue weighted by Crippen LogP contribution is -2.40. The number of allylic oxidation sites excluding steroid dienone is 4. The Balaban J connectivity index is 1.87. The fourth-order valence-corrected chi connectivity index (χ4v) is 4.81.